The Hall–Kier alpha value is -1.22. The lowest BCUT2D eigenvalue weighted by Crippen LogP contribution is -2.39. The van der Waals surface area contributed by atoms with Gasteiger partial charge in [0.1, 0.15) is 0 Å². The zero-order valence-electron chi connectivity index (χ0n) is 14.4. The summed E-state index contributed by atoms with van der Waals surface area (Å²) in [5.41, 5.74) is 1.10. The Morgan fingerprint density at radius 3 is 2.44 bits per heavy atom. The third-order valence-electron chi connectivity index (χ3n) is 5.50. The highest BCUT2D eigenvalue weighted by Crippen LogP contribution is 2.41. The molecular weight excluding hydrogens is 366 g/mol. The van der Waals surface area contributed by atoms with Crippen molar-refractivity contribution in [2.24, 2.45) is 5.41 Å². The number of nitrogens with zero attached hydrogens (tertiary/aromatic N) is 2. The van der Waals surface area contributed by atoms with Crippen LogP contribution in [0.15, 0.2) is 17.0 Å². The van der Waals surface area contributed by atoms with Crippen LogP contribution in [0.2, 0.25) is 0 Å². The third-order valence-corrected chi connectivity index (χ3v) is 7.47. The van der Waals surface area contributed by atoms with Crippen LogP contribution in [0.1, 0.15) is 30.4 Å². The van der Waals surface area contributed by atoms with Gasteiger partial charge in [-0.2, -0.15) is 4.31 Å². The summed E-state index contributed by atoms with van der Waals surface area (Å²) in [6.45, 7) is 6.26. The van der Waals surface area contributed by atoms with Crippen LogP contribution in [0, 0.1) is 29.4 Å². The largest absolute Gasteiger partial charge is 0.317 e. The van der Waals surface area contributed by atoms with E-state index in [4.69, 9.17) is 0 Å². The number of hydrogen-bond donors (Lipinski definition) is 1. The molecule has 2 aliphatic heterocycles. The maximum Gasteiger partial charge on any atom is 0.271 e. The maximum absolute atomic E-state index is 13.1. The van der Waals surface area contributed by atoms with Crippen molar-refractivity contribution >= 4 is 28.1 Å². The van der Waals surface area contributed by atoms with Crippen molar-refractivity contribution in [3.63, 3.8) is 0 Å². The first-order chi connectivity index (χ1) is 11.3. The molecule has 9 heteroatoms. The van der Waals surface area contributed by atoms with Crippen molar-refractivity contribution in [3.8, 4) is 0 Å². The van der Waals surface area contributed by atoms with Crippen LogP contribution in [-0.4, -0.2) is 43.8 Å². The molecule has 0 bridgehead atoms. The van der Waals surface area contributed by atoms with Gasteiger partial charge in [0.15, 0.2) is 0 Å². The normalized spacial score (nSPS) is 20.4. The summed E-state index contributed by atoms with van der Waals surface area (Å²) < 4.78 is 27.7. The van der Waals surface area contributed by atoms with Crippen LogP contribution in [-0.2, 0) is 10.0 Å². The Bertz CT molecular complexity index is 776. The van der Waals surface area contributed by atoms with Crippen molar-refractivity contribution in [3.05, 3.63) is 33.4 Å². The average molecular weight is 390 g/mol. The molecule has 0 unspecified atom stereocenters. The third kappa shape index (κ3) is 3.67. The predicted molar refractivity (Wildman–Crippen MR) is 97.7 cm³/mol. The van der Waals surface area contributed by atoms with Gasteiger partial charge in [-0.15, -0.1) is 12.4 Å². The van der Waals surface area contributed by atoms with Crippen LogP contribution in [0.4, 0.5) is 5.69 Å². The number of nitro benzene ring substituents is 1. The van der Waals surface area contributed by atoms with E-state index in [-0.39, 0.29) is 28.4 Å². The number of rotatable bonds is 3. The lowest BCUT2D eigenvalue weighted by atomic mass is 9.78. The Kier molecular flexibility index (Phi) is 5.78. The fourth-order valence-electron chi connectivity index (χ4n) is 3.79. The molecule has 2 fully saturated rings. The Labute approximate surface area is 154 Å². The quantitative estimate of drug-likeness (QED) is 0.633. The topological polar surface area (TPSA) is 92.5 Å². The number of hydrogen-bond acceptors (Lipinski definition) is 5. The molecule has 0 atom stereocenters. The van der Waals surface area contributed by atoms with E-state index in [0.717, 1.165) is 32.4 Å². The van der Waals surface area contributed by atoms with E-state index >= 15 is 0 Å². The van der Waals surface area contributed by atoms with E-state index in [0.29, 0.717) is 24.2 Å². The highest BCUT2D eigenvalue weighted by atomic mass is 35.5. The van der Waals surface area contributed by atoms with Crippen LogP contribution < -0.4 is 5.32 Å². The first-order valence-electron chi connectivity index (χ1n) is 8.22. The van der Waals surface area contributed by atoms with Crippen LogP contribution >= 0.6 is 12.4 Å². The van der Waals surface area contributed by atoms with Gasteiger partial charge >= 0.3 is 0 Å². The van der Waals surface area contributed by atoms with Gasteiger partial charge in [0.2, 0.25) is 10.0 Å². The lowest BCUT2D eigenvalue weighted by Gasteiger charge is -2.33. The summed E-state index contributed by atoms with van der Waals surface area (Å²) in [5, 5.41) is 14.4. The number of piperidine rings is 1. The number of non-ortho nitro benzene ring substituents is 1. The van der Waals surface area contributed by atoms with E-state index in [2.05, 4.69) is 5.32 Å². The van der Waals surface area contributed by atoms with E-state index in [1.165, 1.54) is 16.4 Å². The summed E-state index contributed by atoms with van der Waals surface area (Å²) in [5.74, 6) is 0. The Balaban J connectivity index is 0.00000225. The van der Waals surface area contributed by atoms with E-state index in [1.54, 1.807) is 13.8 Å². The van der Waals surface area contributed by atoms with Crippen molar-refractivity contribution in [1.82, 2.24) is 9.62 Å². The standard InChI is InChI=1S/C16H23N3O4S.ClH/c1-12-9-14(19(20)21)10-15(13(12)2)24(22,23)18-8-5-16(11-18)3-6-17-7-4-16;/h9-10,17H,3-8,11H2,1-2H3;1H. The van der Waals surface area contributed by atoms with Gasteiger partial charge in [-0.25, -0.2) is 8.42 Å². The number of halogens is 1. The molecule has 25 heavy (non-hydrogen) atoms. The first kappa shape index (κ1) is 20.1. The van der Waals surface area contributed by atoms with Gasteiger partial charge in [-0.3, -0.25) is 10.1 Å². The molecule has 0 aliphatic carbocycles. The molecule has 2 heterocycles. The summed E-state index contributed by atoms with van der Waals surface area (Å²) in [6, 6.07) is 2.62. The minimum absolute atomic E-state index is 0. The van der Waals surface area contributed by atoms with E-state index in [9.17, 15) is 18.5 Å². The molecule has 1 aromatic carbocycles. The summed E-state index contributed by atoms with van der Waals surface area (Å²) in [4.78, 5) is 10.6. The summed E-state index contributed by atoms with van der Waals surface area (Å²) in [7, 11) is -3.71. The van der Waals surface area contributed by atoms with Gasteiger partial charge in [-0.1, -0.05) is 0 Å². The number of benzene rings is 1. The van der Waals surface area contributed by atoms with Gasteiger partial charge in [0.25, 0.3) is 5.69 Å². The van der Waals surface area contributed by atoms with Crippen molar-refractivity contribution < 1.29 is 13.3 Å². The molecule has 1 aromatic rings. The van der Waals surface area contributed by atoms with Gasteiger partial charge in [-0.05, 0) is 62.7 Å². The smallest absolute Gasteiger partial charge is 0.271 e. The second kappa shape index (κ2) is 7.19. The minimum atomic E-state index is -3.71. The average Bonchev–Trinajstić information content (AvgIpc) is 2.94. The van der Waals surface area contributed by atoms with Gasteiger partial charge in [0, 0.05) is 25.2 Å². The Morgan fingerprint density at radius 1 is 1.20 bits per heavy atom. The van der Waals surface area contributed by atoms with Crippen LogP contribution in [0.3, 0.4) is 0 Å². The zero-order valence-corrected chi connectivity index (χ0v) is 16.1. The number of aryl methyl sites for hydroxylation is 1. The van der Waals surface area contributed by atoms with Crippen LogP contribution in [0.5, 0.6) is 0 Å². The first-order valence-corrected chi connectivity index (χ1v) is 9.66. The molecule has 0 amide bonds. The second-order valence-electron chi connectivity index (χ2n) is 6.98. The number of sulfonamides is 1. The molecule has 1 N–H and O–H groups in total. The molecule has 1 spiro atoms. The fraction of sp³-hybridized carbons (Fsp3) is 0.625. The van der Waals surface area contributed by atoms with Crippen molar-refractivity contribution in [2.75, 3.05) is 26.2 Å². The molecule has 2 aliphatic rings. The SMILES string of the molecule is Cc1cc([N+](=O)[O-])cc(S(=O)(=O)N2CCC3(CCNCC3)C2)c1C.Cl. The molecule has 140 valence electrons. The molecule has 7 nitrogen and oxygen atoms in total. The number of nitro groups is 1. The monoisotopic (exact) mass is 389 g/mol. The molecular formula is C16H24ClN3O4S. The molecule has 0 saturated carbocycles. The molecule has 0 radical (unpaired) electrons. The number of nitrogens with one attached hydrogen (secondary N) is 1. The van der Waals surface area contributed by atoms with Crippen molar-refractivity contribution in [1.29, 1.82) is 0 Å². The predicted octanol–water partition coefficient (Wildman–Crippen LogP) is 2.40. The Morgan fingerprint density at radius 2 is 1.84 bits per heavy atom. The molecule has 0 aromatic heterocycles. The van der Waals surface area contributed by atoms with E-state index < -0.39 is 14.9 Å². The second-order valence-corrected chi connectivity index (χ2v) is 8.89. The summed E-state index contributed by atoms with van der Waals surface area (Å²) in [6.07, 6.45) is 2.82. The zero-order chi connectivity index (χ0) is 17.5. The van der Waals surface area contributed by atoms with Gasteiger partial charge < -0.3 is 5.32 Å². The minimum Gasteiger partial charge on any atom is -0.317 e. The molecule has 3 rings (SSSR count). The lowest BCUT2D eigenvalue weighted by molar-refractivity contribution is -0.385. The molecule has 2 saturated heterocycles. The highest BCUT2D eigenvalue weighted by molar-refractivity contribution is 7.89. The summed E-state index contributed by atoms with van der Waals surface area (Å²) >= 11 is 0. The van der Waals surface area contributed by atoms with Gasteiger partial charge in [0.05, 0.1) is 9.82 Å². The highest BCUT2D eigenvalue weighted by Gasteiger charge is 2.44. The van der Waals surface area contributed by atoms with Crippen LogP contribution in [0.25, 0.3) is 0 Å². The maximum atomic E-state index is 13.1. The fourth-order valence-corrected chi connectivity index (χ4v) is 5.66. The van der Waals surface area contributed by atoms with E-state index in [1.807, 2.05) is 0 Å². The van der Waals surface area contributed by atoms with Crippen molar-refractivity contribution in [2.45, 2.75) is 38.0 Å².